The first kappa shape index (κ1) is 60.7. The minimum absolute atomic E-state index is 0.0265. The van der Waals surface area contributed by atoms with Gasteiger partial charge in [-0.25, -0.2) is 0 Å². The highest BCUT2D eigenvalue weighted by Crippen LogP contribution is 2.39. The highest BCUT2D eigenvalue weighted by atomic mass is 19.4. The molecule has 1 fully saturated rings. The van der Waals surface area contributed by atoms with Gasteiger partial charge in [-0.15, -0.1) is 13.2 Å². The molecule has 0 bridgehead atoms. The van der Waals surface area contributed by atoms with Crippen molar-refractivity contribution in [2.75, 3.05) is 6.61 Å². The summed E-state index contributed by atoms with van der Waals surface area (Å²) in [6, 6.07) is 3.31. The number of nitrogens with one attached hydrogen (secondary N) is 2. The van der Waals surface area contributed by atoms with E-state index in [1.807, 2.05) is 55.4 Å². The molecule has 2 rings (SSSR count). The summed E-state index contributed by atoms with van der Waals surface area (Å²) in [5, 5.41) is 6.28. The molecule has 0 unspecified atom stereocenters. The first-order valence-electron chi connectivity index (χ1n) is 21.5. The van der Waals surface area contributed by atoms with Crippen LogP contribution in [0.4, 0.5) is 13.2 Å². The molecule has 334 valence electrons. The predicted octanol–water partition coefficient (Wildman–Crippen LogP) is 15.6. The van der Waals surface area contributed by atoms with Crippen molar-refractivity contribution in [3.05, 3.63) is 109 Å². The van der Waals surface area contributed by atoms with Crippen LogP contribution in [0.15, 0.2) is 86.5 Å². The van der Waals surface area contributed by atoms with E-state index in [0.29, 0.717) is 52.1 Å². The topological polar surface area (TPSA) is 59.6 Å². The molecule has 0 radical (unpaired) electrons. The van der Waals surface area contributed by atoms with Crippen LogP contribution in [0.3, 0.4) is 0 Å². The van der Waals surface area contributed by atoms with E-state index < -0.39 is 11.7 Å². The van der Waals surface area contributed by atoms with Crippen LogP contribution >= 0.6 is 0 Å². The van der Waals surface area contributed by atoms with Crippen molar-refractivity contribution in [1.82, 2.24) is 10.6 Å². The van der Waals surface area contributed by atoms with Gasteiger partial charge in [0.05, 0.1) is 12.2 Å². The van der Waals surface area contributed by atoms with Gasteiger partial charge in [0.25, 0.3) is 5.91 Å². The number of carbonyl (C=O) groups excluding carboxylic acids is 1. The molecule has 1 aromatic carbocycles. The zero-order chi connectivity index (χ0) is 46.1. The van der Waals surface area contributed by atoms with E-state index >= 15 is 0 Å². The molecule has 0 heterocycles. The van der Waals surface area contributed by atoms with Gasteiger partial charge in [-0.2, -0.15) is 13.2 Å². The van der Waals surface area contributed by atoms with Gasteiger partial charge in [0.2, 0.25) is 0 Å². The average Bonchev–Trinajstić information content (AvgIpc) is 3.98. The number of aryl methyl sites for hydroxylation is 1. The Kier molecular flexibility index (Phi) is 36.7. The van der Waals surface area contributed by atoms with Crippen LogP contribution in [0.5, 0.6) is 0 Å². The molecule has 1 amide bonds. The standard InChI is InChI=1S/C28H34F3NO2.C13H27NO.C3H8.2C2H6.C2H4/c1-7-10-15-34-19(5)11-12-21(8-2)25-17-24(18(4)16-26(25)28(29,30)31)20(6)23(9-3)27(33)32-22-13-14-22;1-7-9-12(10-8-2)14-11(3)15-13(4,5)6;1-3-2;3*1-2/h8-9,11-12,16-17,22H,3,5,7,10,13-15H2,1-2,4,6H3,(H,32,33);12,14H,3,7-10H2,1-2,4-6H3;3H2,1-2H3;2*1-2H3;1-2H2/b12-11-,21-8+,23-20+;;;;;. The summed E-state index contributed by atoms with van der Waals surface area (Å²) in [5.74, 6) is 0.826. The first-order chi connectivity index (χ1) is 27.3. The maximum atomic E-state index is 14.0. The van der Waals surface area contributed by atoms with E-state index in [4.69, 9.17) is 9.47 Å². The Labute approximate surface area is 355 Å². The van der Waals surface area contributed by atoms with Gasteiger partial charge in [0.1, 0.15) is 11.4 Å². The lowest BCUT2D eigenvalue weighted by Crippen LogP contribution is -2.32. The molecule has 1 saturated carbocycles. The Bertz CT molecular complexity index is 1390. The van der Waals surface area contributed by atoms with Crippen molar-refractivity contribution in [2.24, 2.45) is 0 Å². The molecular formula is C50H85F3N2O3. The second-order valence-electron chi connectivity index (χ2n) is 14.2. The number of hydrogen-bond donors (Lipinski definition) is 2. The van der Waals surface area contributed by atoms with Crippen molar-refractivity contribution in [3.63, 3.8) is 0 Å². The minimum atomic E-state index is -4.54. The van der Waals surface area contributed by atoms with Gasteiger partial charge in [0.15, 0.2) is 5.88 Å². The molecule has 0 aliphatic heterocycles. The van der Waals surface area contributed by atoms with Crippen molar-refractivity contribution in [2.45, 2.75) is 186 Å². The summed E-state index contributed by atoms with van der Waals surface area (Å²) < 4.78 is 53.1. The molecule has 2 N–H and O–H groups in total. The normalized spacial score (nSPS) is 12.5. The predicted molar refractivity (Wildman–Crippen MR) is 250 cm³/mol. The largest absolute Gasteiger partial charge is 0.494 e. The Morgan fingerprint density at radius 3 is 1.83 bits per heavy atom. The number of halogens is 3. The lowest BCUT2D eigenvalue weighted by molar-refractivity contribution is -0.137. The number of amides is 1. The van der Waals surface area contributed by atoms with E-state index in [0.717, 1.165) is 31.7 Å². The van der Waals surface area contributed by atoms with Crippen LogP contribution in [0.25, 0.3) is 11.1 Å². The Morgan fingerprint density at radius 1 is 0.914 bits per heavy atom. The monoisotopic (exact) mass is 819 g/mol. The summed E-state index contributed by atoms with van der Waals surface area (Å²) in [5.41, 5.74) is 1.44. The van der Waals surface area contributed by atoms with Gasteiger partial charge < -0.3 is 20.1 Å². The van der Waals surface area contributed by atoms with Crippen LogP contribution in [-0.2, 0) is 20.4 Å². The fourth-order valence-corrected chi connectivity index (χ4v) is 5.17. The van der Waals surface area contributed by atoms with Crippen LogP contribution in [-0.4, -0.2) is 30.2 Å². The van der Waals surface area contributed by atoms with Gasteiger partial charge >= 0.3 is 6.18 Å². The van der Waals surface area contributed by atoms with E-state index in [1.165, 1.54) is 44.2 Å². The van der Waals surface area contributed by atoms with Crippen molar-refractivity contribution in [1.29, 1.82) is 0 Å². The van der Waals surface area contributed by atoms with E-state index in [9.17, 15) is 18.0 Å². The molecule has 0 atom stereocenters. The second-order valence-corrected chi connectivity index (χ2v) is 14.2. The van der Waals surface area contributed by atoms with Crippen LogP contribution in [0, 0.1) is 6.92 Å². The Morgan fingerprint density at radius 2 is 1.43 bits per heavy atom. The van der Waals surface area contributed by atoms with Crippen LogP contribution in [0.2, 0.25) is 0 Å². The van der Waals surface area contributed by atoms with Crippen molar-refractivity contribution >= 4 is 17.1 Å². The molecule has 1 aromatic rings. The highest BCUT2D eigenvalue weighted by Gasteiger charge is 2.35. The van der Waals surface area contributed by atoms with Gasteiger partial charge in [-0.1, -0.05) is 119 Å². The third-order valence-corrected chi connectivity index (χ3v) is 7.76. The molecule has 0 spiro atoms. The minimum Gasteiger partial charge on any atom is -0.494 e. The maximum absolute atomic E-state index is 14.0. The Hall–Kier alpha value is -3.94. The number of rotatable bonds is 18. The molecule has 1 aliphatic carbocycles. The third-order valence-electron chi connectivity index (χ3n) is 7.76. The molecule has 5 nitrogen and oxygen atoms in total. The number of ether oxygens (including phenoxy) is 2. The van der Waals surface area contributed by atoms with E-state index in [-0.39, 0.29) is 23.1 Å². The van der Waals surface area contributed by atoms with E-state index in [1.54, 1.807) is 39.0 Å². The van der Waals surface area contributed by atoms with Gasteiger partial charge in [0, 0.05) is 17.7 Å². The lowest BCUT2D eigenvalue weighted by atomic mass is 9.89. The van der Waals surface area contributed by atoms with Gasteiger partial charge in [-0.05, 0) is 126 Å². The highest BCUT2D eigenvalue weighted by molar-refractivity contribution is 6.04. The maximum Gasteiger partial charge on any atom is 0.417 e. The van der Waals surface area contributed by atoms with Crippen molar-refractivity contribution < 1.29 is 27.4 Å². The quantitative estimate of drug-likeness (QED) is 0.0509. The van der Waals surface area contributed by atoms with Crippen molar-refractivity contribution in [3.8, 4) is 0 Å². The van der Waals surface area contributed by atoms with Gasteiger partial charge in [-0.3, -0.25) is 4.79 Å². The van der Waals surface area contributed by atoms with E-state index in [2.05, 4.69) is 71.2 Å². The summed E-state index contributed by atoms with van der Waals surface area (Å²) in [6.45, 7) is 47.8. The smallest absolute Gasteiger partial charge is 0.417 e. The second kappa shape index (κ2) is 35.0. The first-order valence-corrected chi connectivity index (χ1v) is 21.5. The molecule has 0 saturated heterocycles. The Balaban J connectivity index is -0.000000506. The number of hydrogen-bond acceptors (Lipinski definition) is 4. The molecule has 8 heteroatoms. The SMILES string of the molecule is C=C.C=C(NC(CCC)CCC)OC(C)(C)C.C=C/C(C(=O)NC1CC1)=C(/C)c1cc(C(/C=C\C(=C)OCCCC)=C/C)c(C(F)(F)F)cc1C.CC.CC.CCC. The number of carbonyl (C=O) groups is 1. The molecule has 58 heavy (non-hydrogen) atoms. The molecule has 1 aliphatic rings. The number of benzene rings is 1. The summed E-state index contributed by atoms with van der Waals surface area (Å²) in [4.78, 5) is 12.7. The summed E-state index contributed by atoms with van der Waals surface area (Å²) in [6.07, 6.45) is 11.4. The zero-order valence-corrected chi connectivity index (χ0v) is 39.6. The fourth-order valence-electron chi connectivity index (χ4n) is 5.17. The summed E-state index contributed by atoms with van der Waals surface area (Å²) in [7, 11) is 0. The molecular weight excluding hydrogens is 734 g/mol. The lowest BCUT2D eigenvalue weighted by Gasteiger charge is -2.26. The fraction of sp³-hybridized carbons (Fsp3) is 0.580. The summed E-state index contributed by atoms with van der Waals surface area (Å²) >= 11 is 0. The van der Waals surface area contributed by atoms with Crippen LogP contribution in [0.1, 0.15) is 177 Å². The number of unbranched alkanes of at least 4 members (excludes halogenated alkanes) is 1. The van der Waals surface area contributed by atoms with Crippen LogP contribution < -0.4 is 10.6 Å². The third kappa shape index (κ3) is 27.7. The average molecular weight is 819 g/mol. The number of allylic oxidation sites excluding steroid dienone is 5. The zero-order valence-electron chi connectivity index (χ0n) is 39.6. The molecule has 0 aromatic heterocycles. The number of alkyl halides is 3.